The van der Waals surface area contributed by atoms with Crippen molar-refractivity contribution in [3.63, 3.8) is 0 Å². The molecule has 2 N–H and O–H groups in total. The Kier molecular flexibility index (Phi) is 4.09. The van der Waals surface area contributed by atoms with Crippen molar-refractivity contribution in [3.05, 3.63) is 35.1 Å². The highest BCUT2D eigenvalue weighted by molar-refractivity contribution is 5.79. The lowest BCUT2D eigenvalue weighted by Gasteiger charge is -2.11. The highest BCUT2D eigenvalue weighted by Crippen LogP contribution is 2.22. The molecule has 2 rings (SSSR count). The number of halogens is 1. The molecule has 0 spiro atoms. The average molecular weight is 236 g/mol. The maximum absolute atomic E-state index is 13.7. The Balaban J connectivity index is 1.95. The first-order valence-electron chi connectivity index (χ1n) is 5.93. The summed E-state index contributed by atoms with van der Waals surface area (Å²) < 4.78 is 19.3. The van der Waals surface area contributed by atoms with Crippen LogP contribution in [0.5, 0.6) is 0 Å². The minimum atomic E-state index is -0.264. The van der Waals surface area contributed by atoms with Crippen LogP contribution in [0.2, 0.25) is 0 Å². The minimum absolute atomic E-state index is 0.264. The molecule has 1 fully saturated rings. The molecule has 1 aromatic rings. The quantitative estimate of drug-likeness (QED) is 0.496. The molecule has 17 heavy (non-hydrogen) atoms. The third-order valence-corrected chi connectivity index (χ3v) is 3.08. The van der Waals surface area contributed by atoms with E-state index in [2.05, 4.69) is 5.10 Å². The minimum Gasteiger partial charge on any atom is -0.373 e. The molecular formula is C13H17FN2O. The first-order valence-corrected chi connectivity index (χ1v) is 5.93. The zero-order valence-electron chi connectivity index (χ0n) is 9.73. The van der Waals surface area contributed by atoms with Gasteiger partial charge in [-0.2, -0.15) is 5.10 Å². The summed E-state index contributed by atoms with van der Waals surface area (Å²) in [5, 5.41) is 3.36. The highest BCUT2D eigenvalue weighted by atomic mass is 19.1. The topological polar surface area (TPSA) is 47.6 Å². The van der Waals surface area contributed by atoms with Crippen LogP contribution in [0, 0.1) is 5.82 Å². The summed E-state index contributed by atoms with van der Waals surface area (Å²) in [4.78, 5) is 0. The van der Waals surface area contributed by atoms with E-state index in [1.807, 2.05) is 0 Å². The molecule has 0 unspecified atom stereocenters. The van der Waals surface area contributed by atoms with E-state index in [1.54, 1.807) is 12.1 Å². The number of benzene rings is 1. The predicted molar refractivity (Wildman–Crippen MR) is 65.2 cm³/mol. The van der Waals surface area contributed by atoms with Gasteiger partial charge in [-0.25, -0.2) is 4.39 Å². The standard InChI is InChI=1S/C13H17FN2O/c14-13-7-10(8-16-15)5-6-11(13)9-17-12-3-1-2-4-12/h5-8,12H,1-4,9,15H2. The Morgan fingerprint density at radius 2 is 2.18 bits per heavy atom. The van der Waals surface area contributed by atoms with Crippen LogP contribution in [-0.2, 0) is 11.3 Å². The monoisotopic (exact) mass is 236 g/mol. The van der Waals surface area contributed by atoms with E-state index in [9.17, 15) is 4.39 Å². The van der Waals surface area contributed by atoms with E-state index in [-0.39, 0.29) is 5.82 Å². The van der Waals surface area contributed by atoms with Gasteiger partial charge in [0.1, 0.15) is 5.82 Å². The van der Waals surface area contributed by atoms with Crippen molar-refractivity contribution in [2.24, 2.45) is 10.9 Å². The van der Waals surface area contributed by atoms with Gasteiger partial charge in [-0.15, -0.1) is 0 Å². The number of hydrazone groups is 1. The Hall–Kier alpha value is -1.42. The molecule has 1 saturated carbocycles. The maximum atomic E-state index is 13.7. The van der Waals surface area contributed by atoms with Crippen LogP contribution in [0.25, 0.3) is 0 Å². The molecule has 0 amide bonds. The SMILES string of the molecule is NN=Cc1ccc(COC2CCCC2)c(F)c1. The zero-order chi connectivity index (χ0) is 12.1. The summed E-state index contributed by atoms with van der Waals surface area (Å²) in [5.74, 6) is 4.75. The van der Waals surface area contributed by atoms with Crippen molar-refractivity contribution in [1.29, 1.82) is 0 Å². The van der Waals surface area contributed by atoms with Crippen LogP contribution >= 0.6 is 0 Å². The van der Waals surface area contributed by atoms with E-state index in [0.717, 1.165) is 12.8 Å². The maximum Gasteiger partial charge on any atom is 0.129 e. The molecule has 0 saturated heterocycles. The fraction of sp³-hybridized carbons (Fsp3) is 0.462. The van der Waals surface area contributed by atoms with Crippen molar-refractivity contribution in [1.82, 2.24) is 0 Å². The van der Waals surface area contributed by atoms with Gasteiger partial charge >= 0.3 is 0 Å². The van der Waals surface area contributed by atoms with Crippen molar-refractivity contribution >= 4 is 6.21 Å². The van der Waals surface area contributed by atoms with E-state index >= 15 is 0 Å². The van der Waals surface area contributed by atoms with Crippen LogP contribution in [0.4, 0.5) is 4.39 Å². The first-order chi connectivity index (χ1) is 8.29. The normalized spacial score (nSPS) is 17.0. The predicted octanol–water partition coefficient (Wildman–Crippen LogP) is 2.58. The van der Waals surface area contributed by atoms with E-state index in [4.69, 9.17) is 10.6 Å². The van der Waals surface area contributed by atoms with Gasteiger partial charge in [-0.3, -0.25) is 0 Å². The third kappa shape index (κ3) is 3.27. The number of nitrogens with two attached hydrogens (primary N) is 1. The summed E-state index contributed by atoms with van der Waals surface area (Å²) in [7, 11) is 0. The molecule has 0 heterocycles. The summed E-state index contributed by atoms with van der Waals surface area (Å²) in [6.07, 6.45) is 6.36. The summed E-state index contributed by atoms with van der Waals surface area (Å²) in [6.45, 7) is 0.344. The Morgan fingerprint density at radius 1 is 1.41 bits per heavy atom. The van der Waals surface area contributed by atoms with Gasteiger partial charge in [0.2, 0.25) is 0 Å². The van der Waals surface area contributed by atoms with Gasteiger partial charge in [-0.1, -0.05) is 25.0 Å². The Labute approximate surface area is 100 Å². The number of nitrogens with zero attached hydrogens (tertiary/aromatic N) is 1. The molecule has 92 valence electrons. The lowest BCUT2D eigenvalue weighted by Crippen LogP contribution is -2.08. The van der Waals surface area contributed by atoms with Crippen LogP contribution in [-0.4, -0.2) is 12.3 Å². The lowest BCUT2D eigenvalue weighted by atomic mass is 10.1. The van der Waals surface area contributed by atoms with Gasteiger partial charge in [-0.05, 0) is 24.5 Å². The van der Waals surface area contributed by atoms with E-state index in [0.29, 0.717) is 23.8 Å². The molecule has 0 bridgehead atoms. The lowest BCUT2D eigenvalue weighted by molar-refractivity contribution is 0.0441. The second-order valence-corrected chi connectivity index (χ2v) is 4.35. The molecule has 4 heteroatoms. The highest BCUT2D eigenvalue weighted by Gasteiger charge is 2.15. The fourth-order valence-electron chi connectivity index (χ4n) is 2.11. The fourth-order valence-corrected chi connectivity index (χ4v) is 2.11. The molecule has 1 aliphatic carbocycles. The van der Waals surface area contributed by atoms with Gasteiger partial charge in [0.25, 0.3) is 0 Å². The van der Waals surface area contributed by atoms with Gasteiger partial charge in [0, 0.05) is 5.56 Å². The number of rotatable bonds is 4. The van der Waals surface area contributed by atoms with Gasteiger partial charge in [0.05, 0.1) is 18.9 Å². The first kappa shape index (κ1) is 12.0. The van der Waals surface area contributed by atoms with Crippen molar-refractivity contribution in [2.75, 3.05) is 0 Å². The van der Waals surface area contributed by atoms with E-state index < -0.39 is 0 Å². The second kappa shape index (κ2) is 5.77. The Bertz CT molecular complexity index is 400. The summed E-state index contributed by atoms with van der Waals surface area (Å²) in [6, 6.07) is 4.93. The zero-order valence-corrected chi connectivity index (χ0v) is 9.73. The number of ether oxygens (including phenoxy) is 1. The average Bonchev–Trinajstić information content (AvgIpc) is 2.81. The van der Waals surface area contributed by atoms with Crippen molar-refractivity contribution in [3.8, 4) is 0 Å². The van der Waals surface area contributed by atoms with Crippen molar-refractivity contribution in [2.45, 2.75) is 38.4 Å². The van der Waals surface area contributed by atoms with Crippen LogP contribution in [0.1, 0.15) is 36.8 Å². The largest absolute Gasteiger partial charge is 0.373 e. The molecule has 3 nitrogen and oxygen atoms in total. The second-order valence-electron chi connectivity index (χ2n) is 4.35. The van der Waals surface area contributed by atoms with Crippen LogP contribution in [0.15, 0.2) is 23.3 Å². The molecule has 1 aromatic carbocycles. The molecular weight excluding hydrogens is 219 g/mol. The summed E-state index contributed by atoms with van der Waals surface area (Å²) >= 11 is 0. The van der Waals surface area contributed by atoms with Crippen molar-refractivity contribution < 1.29 is 9.13 Å². The Morgan fingerprint density at radius 3 is 2.82 bits per heavy atom. The third-order valence-electron chi connectivity index (χ3n) is 3.08. The molecule has 0 aliphatic heterocycles. The molecule has 1 aliphatic rings. The van der Waals surface area contributed by atoms with Gasteiger partial charge in [0.15, 0.2) is 0 Å². The molecule has 0 radical (unpaired) electrons. The van der Waals surface area contributed by atoms with E-state index in [1.165, 1.54) is 25.1 Å². The smallest absolute Gasteiger partial charge is 0.129 e. The summed E-state index contributed by atoms with van der Waals surface area (Å²) in [5.41, 5.74) is 1.25. The molecule has 0 aromatic heterocycles. The van der Waals surface area contributed by atoms with Gasteiger partial charge < -0.3 is 10.6 Å². The number of hydrogen-bond donors (Lipinski definition) is 1. The number of hydrogen-bond acceptors (Lipinski definition) is 3. The van der Waals surface area contributed by atoms with Crippen LogP contribution < -0.4 is 5.84 Å². The van der Waals surface area contributed by atoms with Crippen LogP contribution in [0.3, 0.4) is 0 Å². The molecule has 0 atom stereocenters.